The maximum absolute atomic E-state index is 5.29. The summed E-state index contributed by atoms with van der Waals surface area (Å²) in [5.41, 5.74) is 14.9. The molecule has 0 N–H and O–H groups in total. The van der Waals surface area contributed by atoms with Gasteiger partial charge in [0, 0.05) is 61.0 Å². The summed E-state index contributed by atoms with van der Waals surface area (Å²) in [7, 11) is 0. The molecule has 0 aliphatic heterocycles. The first kappa shape index (κ1) is 39.4. The lowest BCUT2D eigenvalue weighted by molar-refractivity contribution is 0.762. The van der Waals surface area contributed by atoms with Crippen molar-refractivity contribution in [1.82, 2.24) is 29.1 Å². The number of hydrogen-bond acceptors (Lipinski definition) is 4. The number of rotatable bonds is 8. The summed E-state index contributed by atoms with van der Waals surface area (Å²) < 4.78 is 4.76. The standard InChI is InChI=1S/C62H42N6/c1-3-17-42(18-4-1)53-27-16-28-54(63-53)45-37-38-59(68-57-31-13-9-25-50(57)51-26-10-14-32-58(51)68)52(40-45)41-33-35-44(36-34-41)61-64-60(43-19-5-2-6-20-43)65-62(66-61)46-21-15-22-47(39-46)67-55-29-11-7-23-48(55)49-24-8-12-30-56(49)67/h1-20,22-40,46H,21H2. The molecule has 0 bridgehead atoms. The fraction of sp³-hybridized carbons (Fsp3) is 0.0323. The Labute approximate surface area is 393 Å². The zero-order valence-electron chi connectivity index (χ0n) is 37.0. The molecule has 13 rings (SSSR count). The SMILES string of the molecule is C1=CC(n2c3ccccc3c3ccccc32)=CC(c2nc(-c3ccccc3)nc(-c3ccc(-c4cc(-c5cccc(-c6ccccc6)n5)ccc4-n4c5ccccc5c5ccccc54)cc3)n2)C1. The van der Waals surface area contributed by atoms with E-state index in [-0.39, 0.29) is 5.92 Å². The van der Waals surface area contributed by atoms with E-state index in [9.17, 15) is 0 Å². The van der Waals surface area contributed by atoms with E-state index in [1.54, 1.807) is 0 Å². The fourth-order valence-corrected chi connectivity index (χ4v) is 10.1. The van der Waals surface area contributed by atoms with Gasteiger partial charge in [-0.25, -0.2) is 19.9 Å². The zero-order valence-corrected chi connectivity index (χ0v) is 37.0. The highest BCUT2D eigenvalue weighted by Gasteiger charge is 2.22. The topological polar surface area (TPSA) is 61.4 Å². The fourth-order valence-electron chi connectivity index (χ4n) is 10.1. The van der Waals surface area contributed by atoms with Crippen LogP contribution in [0.2, 0.25) is 0 Å². The van der Waals surface area contributed by atoms with Crippen molar-refractivity contribution in [2.75, 3.05) is 0 Å². The van der Waals surface area contributed by atoms with E-state index < -0.39 is 0 Å². The third-order valence-corrected chi connectivity index (χ3v) is 13.3. The van der Waals surface area contributed by atoms with Crippen molar-refractivity contribution in [3.63, 3.8) is 0 Å². The minimum atomic E-state index is -0.0658. The minimum Gasteiger partial charge on any atom is -0.310 e. The van der Waals surface area contributed by atoms with Crippen molar-refractivity contribution in [3.8, 4) is 62.1 Å². The first-order valence-electron chi connectivity index (χ1n) is 23.2. The Morgan fingerprint density at radius 2 is 0.838 bits per heavy atom. The molecular weight excluding hydrogens is 829 g/mol. The highest BCUT2D eigenvalue weighted by atomic mass is 15.0. The molecule has 0 saturated heterocycles. The minimum absolute atomic E-state index is 0.0658. The summed E-state index contributed by atoms with van der Waals surface area (Å²) in [6.07, 6.45) is 7.58. The Kier molecular flexibility index (Phi) is 9.53. The molecule has 8 aromatic carbocycles. The number of aromatic nitrogens is 6. The van der Waals surface area contributed by atoms with Crippen molar-refractivity contribution < 1.29 is 0 Å². The normalized spacial score (nSPS) is 13.7. The first-order chi connectivity index (χ1) is 33.7. The molecule has 4 aromatic heterocycles. The third kappa shape index (κ3) is 6.81. The number of fused-ring (bicyclic) bond motifs is 6. The van der Waals surface area contributed by atoms with Crippen LogP contribution in [0.3, 0.4) is 0 Å². The average molecular weight is 871 g/mol. The molecule has 0 radical (unpaired) electrons. The summed E-state index contributed by atoms with van der Waals surface area (Å²) in [5.74, 6) is 1.97. The van der Waals surface area contributed by atoms with Crippen LogP contribution in [-0.4, -0.2) is 29.1 Å². The number of benzene rings is 8. The Morgan fingerprint density at radius 3 is 1.43 bits per heavy atom. The Hall–Kier alpha value is -9.00. The van der Waals surface area contributed by atoms with Crippen LogP contribution in [0.5, 0.6) is 0 Å². The molecule has 1 atom stereocenters. The molecule has 0 fully saturated rings. The van der Waals surface area contributed by atoms with Crippen molar-refractivity contribution in [2.24, 2.45) is 0 Å². The van der Waals surface area contributed by atoms with Crippen LogP contribution in [0.1, 0.15) is 18.2 Å². The van der Waals surface area contributed by atoms with Gasteiger partial charge in [-0.2, -0.15) is 0 Å². The van der Waals surface area contributed by atoms with Crippen LogP contribution in [0.4, 0.5) is 0 Å². The summed E-state index contributed by atoms with van der Waals surface area (Å²) in [6.45, 7) is 0. The lowest BCUT2D eigenvalue weighted by Gasteiger charge is -2.19. The van der Waals surface area contributed by atoms with Crippen LogP contribution in [0.25, 0.3) is 111 Å². The summed E-state index contributed by atoms with van der Waals surface area (Å²) in [4.78, 5) is 20.8. The smallest absolute Gasteiger partial charge is 0.163 e. The van der Waals surface area contributed by atoms with E-state index in [1.807, 2.05) is 24.3 Å². The molecule has 1 aliphatic rings. The van der Waals surface area contributed by atoms with E-state index in [2.05, 4.69) is 221 Å². The predicted octanol–water partition coefficient (Wildman–Crippen LogP) is 15.4. The largest absolute Gasteiger partial charge is 0.310 e. The van der Waals surface area contributed by atoms with Gasteiger partial charge in [0.25, 0.3) is 0 Å². The molecule has 68 heavy (non-hydrogen) atoms. The van der Waals surface area contributed by atoms with Gasteiger partial charge < -0.3 is 9.13 Å². The molecular formula is C62H42N6. The lowest BCUT2D eigenvalue weighted by Crippen LogP contribution is -2.10. The number of allylic oxidation sites excluding steroid dienone is 4. The quantitative estimate of drug-likeness (QED) is 0.153. The molecule has 1 unspecified atom stereocenters. The van der Waals surface area contributed by atoms with Gasteiger partial charge in [0.2, 0.25) is 0 Å². The van der Waals surface area contributed by atoms with E-state index in [0.717, 1.165) is 79.4 Å². The number of pyridine rings is 1. The molecule has 0 spiro atoms. The molecule has 4 heterocycles. The summed E-state index contributed by atoms with van der Waals surface area (Å²) in [5, 5.41) is 4.91. The van der Waals surface area contributed by atoms with E-state index in [1.165, 1.54) is 32.6 Å². The van der Waals surface area contributed by atoms with E-state index >= 15 is 0 Å². The van der Waals surface area contributed by atoms with E-state index in [0.29, 0.717) is 11.6 Å². The Balaban J connectivity index is 0.939. The van der Waals surface area contributed by atoms with Gasteiger partial charge in [0.15, 0.2) is 11.6 Å². The maximum Gasteiger partial charge on any atom is 0.163 e. The van der Waals surface area contributed by atoms with Gasteiger partial charge in [-0.05, 0) is 72.7 Å². The molecule has 1 aliphatic carbocycles. The molecule has 6 nitrogen and oxygen atoms in total. The number of nitrogens with zero attached hydrogens (tertiary/aromatic N) is 6. The summed E-state index contributed by atoms with van der Waals surface area (Å²) in [6, 6.07) is 76.9. The van der Waals surface area contributed by atoms with Crippen LogP contribution in [0.15, 0.2) is 237 Å². The Bertz CT molecular complexity index is 3830. The van der Waals surface area contributed by atoms with Gasteiger partial charge in [-0.3, -0.25) is 0 Å². The van der Waals surface area contributed by atoms with Gasteiger partial charge in [0.1, 0.15) is 5.82 Å². The maximum atomic E-state index is 5.29. The second-order valence-corrected chi connectivity index (χ2v) is 17.4. The van der Waals surface area contributed by atoms with Crippen molar-refractivity contribution in [3.05, 3.63) is 242 Å². The van der Waals surface area contributed by atoms with Crippen LogP contribution in [0, 0.1) is 0 Å². The highest BCUT2D eigenvalue weighted by Crippen LogP contribution is 2.40. The van der Waals surface area contributed by atoms with Crippen molar-refractivity contribution >= 4 is 49.3 Å². The summed E-state index contributed by atoms with van der Waals surface area (Å²) >= 11 is 0. The van der Waals surface area contributed by atoms with Gasteiger partial charge in [0.05, 0.1) is 39.1 Å². The number of hydrogen-bond donors (Lipinski definition) is 0. The monoisotopic (exact) mass is 870 g/mol. The van der Waals surface area contributed by atoms with Crippen LogP contribution in [-0.2, 0) is 0 Å². The molecule has 6 heteroatoms. The second-order valence-electron chi connectivity index (χ2n) is 17.4. The third-order valence-electron chi connectivity index (χ3n) is 13.3. The van der Waals surface area contributed by atoms with Gasteiger partial charge >= 0.3 is 0 Å². The average Bonchev–Trinajstić information content (AvgIpc) is 3.94. The molecule has 0 saturated carbocycles. The van der Waals surface area contributed by atoms with E-state index in [4.69, 9.17) is 19.9 Å². The molecule has 320 valence electrons. The van der Waals surface area contributed by atoms with Gasteiger partial charge in [-0.15, -0.1) is 0 Å². The van der Waals surface area contributed by atoms with Crippen molar-refractivity contribution in [2.45, 2.75) is 12.3 Å². The van der Waals surface area contributed by atoms with Crippen LogP contribution >= 0.6 is 0 Å². The molecule has 12 aromatic rings. The first-order valence-corrected chi connectivity index (χ1v) is 23.2. The predicted molar refractivity (Wildman–Crippen MR) is 279 cm³/mol. The highest BCUT2D eigenvalue weighted by molar-refractivity contribution is 6.11. The van der Waals surface area contributed by atoms with Crippen LogP contribution < -0.4 is 0 Å². The number of para-hydroxylation sites is 4. The van der Waals surface area contributed by atoms with Gasteiger partial charge in [-0.1, -0.05) is 176 Å². The zero-order chi connectivity index (χ0) is 45.0. The lowest BCUT2D eigenvalue weighted by atomic mass is 9.97. The van der Waals surface area contributed by atoms with Crippen molar-refractivity contribution in [1.29, 1.82) is 0 Å². The molecule has 0 amide bonds. The Morgan fingerprint density at radius 1 is 0.368 bits per heavy atom. The second kappa shape index (κ2) is 16.5.